The van der Waals surface area contributed by atoms with E-state index in [4.69, 9.17) is 5.21 Å². The quantitative estimate of drug-likeness (QED) is 0.434. The van der Waals surface area contributed by atoms with Gasteiger partial charge in [-0.2, -0.15) is 0 Å². The molecule has 0 heterocycles. The van der Waals surface area contributed by atoms with Gasteiger partial charge in [0.1, 0.15) is 6.21 Å². The minimum absolute atomic E-state index is 0.444. The normalized spacial score (nSPS) is 10.4. The SMILES string of the molecule is CCc1cccc(NC(=O)/C=N/O)c1. The van der Waals surface area contributed by atoms with Crippen LogP contribution in [0.2, 0.25) is 0 Å². The zero-order valence-electron chi connectivity index (χ0n) is 7.90. The van der Waals surface area contributed by atoms with Crippen LogP contribution in [0.25, 0.3) is 0 Å². The maximum atomic E-state index is 11.0. The third kappa shape index (κ3) is 2.90. The summed E-state index contributed by atoms with van der Waals surface area (Å²) in [5.41, 5.74) is 1.85. The molecule has 74 valence electrons. The number of hydrogen-bond acceptors (Lipinski definition) is 3. The summed E-state index contributed by atoms with van der Waals surface area (Å²) in [6, 6.07) is 7.51. The van der Waals surface area contributed by atoms with Crippen molar-refractivity contribution in [3.63, 3.8) is 0 Å². The molecule has 0 saturated heterocycles. The largest absolute Gasteiger partial charge is 0.411 e. The van der Waals surface area contributed by atoms with Gasteiger partial charge in [-0.3, -0.25) is 4.79 Å². The van der Waals surface area contributed by atoms with Gasteiger partial charge in [-0.25, -0.2) is 0 Å². The number of hydrogen-bond donors (Lipinski definition) is 2. The highest BCUT2D eigenvalue weighted by atomic mass is 16.4. The molecular weight excluding hydrogens is 180 g/mol. The monoisotopic (exact) mass is 192 g/mol. The average molecular weight is 192 g/mol. The number of benzene rings is 1. The lowest BCUT2D eigenvalue weighted by atomic mass is 10.1. The van der Waals surface area contributed by atoms with Crippen molar-refractivity contribution in [2.75, 3.05) is 5.32 Å². The molecule has 1 aromatic rings. The van der Waals surface area contributed by atoms with E-state index < -0.39 is 5.91 Å². The predicted octanol–water partition coefficient (Wildman–Crippen LogP) is 1.65. The number of oxime groups is 1. The first kappa shape index (κ1) is 10.2. The van der Waals surface area contributed by atoms with Gasteiger partial charge in [-0.15, -0.1) is 0 Å². The van der Waals surface area contributed by atoms with Gasteiger partial charge in [-0.1, -0.05) is 24.2 Å². The number of carbonyl (C=O) groups excluding carboxylic acids is 1. The van der Waals surface area contributed by atoms with E-state index in [-0.39, 0.29) is 0 Å². The van der Waals surface area contributed by atoms with Crippen molar-refractivity contribution in [3.8, 4) is 0 Å². The van der Waals surface area contributed by atoms with Crippen molar-refractivity contribution in [3.05, 3.63) is 29.8 Å². The highest BCUT2D eigenvalue weighted by Crippen LogP contribution is 2.10. The number of aryl methyl sites for hydroxylation is 1. The van der Waals surface area contributed by atoms with Crippen LogP contribution >= 0.6 is 0 Å². The van der Waals surface area contributed by atoms with E-state index in [9.17, 15) is 4.79 Å². The Morgan fingerprint density at radius 1 is 1.64 bits per heavy atom. The highest BCUT2D eigenvalue weighted by Gasteiger charge is 1.98. The van der Waals surface area contributed by atoms with E-state index in [2.05, 4.69) is 10.5 Å². The number of nitrogens with one attached hydrogen (secondary N) is 1. The summed E-state index contributed by atoms with van der Waals surface area (Å²) in [5, 5.41) is 13.3. The molecule has 0 fully saturated rings. The lowest BCUT2D eigenvalue weighted by Gasteiger charge is -2.03. The molecule has 0 saturated carbocycles. The van der Waals surface area contributed by atoms with Gasteiger partial charge in [0.2, 0.25) is 0 Å². The molecule has 1 aromatic carbocycles. The summed E-state index contributed by atoms with van der Waals surface area (Å²) in [6.45, 7) is 2.04. The fourth-order valence-electron chi connectivity index (χ4n) is 1.10. The fraction of sp³-hybridized carbons (Fsp3) is 0.200. The van der Waals surface area contributed by atoms with Crippen LogP contribution in [0, 0.1) is 0 Å². The summed E-state index contributed by atoms with van der Waals surface area (Å²) in [6.07, 6.45) is 1.73. The average Bonchev–Trinajstić information content (AvgIpc) is 2.18. The number of anilines is 1. The van der Waals surface area contributed by atoms with Crippen LogP contribution in [0.15, 0.2) is 29.4 Å². The number of nitrogens with zero attached hydrogens (tertiary/aromatic N) is 1. The van der Waals surface area contributed by atoms with E-state index >= 15 is 0 Å². The van der Waals surface area contributed by atoms with Gasteiger partial charge in [0.05, 0.1) is 0 Å². The lowest BCUT2D eigenvalue weighted by molar-refractivity contribution is -0.110. The molecule has 0 aliphatic carbocycles. The highest BCUT2D eigenvalue weighted by molar-refractivity contribution is 6.31. The Kier molecular flexibility index (Phi) is 3.67. The molecule has 14 heavy (non-hydrogen) atoms. The second-order valence-corrected chi connectivity index (χ2v) is 2.79. The van der Waals surface area contributed by atoms with Gasteiger partial charge < -0.3 is 10.5 Å². The Morgan fingerprint density at radius 2 is 2.43 bits per heavy atom. The first-order chi connectivity index (χ1) is 6.76. The molecule has 0 spiro atoms. The topological polar surface area (TPSA) is 61.7 Å². The Morgan fingerprint density at radius 3 is 3.07 bits per heavy atom. The molecule has 0 atom stereocenters. The molecule has 0 aliphatic heterocycles. The molecule has 4 heteroatoms. The molecule has 4 nitrogen and oxygen atoms in total. The van der Waals surface area contributed by atoms with E-state index in [1.165, 1.54) is 0 Å². The first-order valence-electron chi connectivity index (χ1n) is 4.33. The smallest absolute Gasteiger partial charge is 0.270 e. The van der Waals surface area contributed by atoms with E-state index in [0.717, 1.165) is 18.2 Å². The molecule has 2 N–H and O–H groups in total. The molecule has 1 rings (SSSR count). The second kappa shape index (κ2) is 5.01. The van der Waals surface area contributed by atoms with Crippen LogP contribution in [0.1, 0.15) is 12.5 Å². The molecule has 0 unspecified atom stereocenters. The van der Waals surface area contributed by atoms with Crippen molar-refractivity contribution < 1.29 is 10.0 Å². The van der Waals surface area contributed by atoms with Crippen molar-refractivity contribution in [1.29, 1.82) is 0 Å². The van der Waals surface area contributed by atoms with Crippen LogP contribution in [0.3, 0.4) is 0 Å². The maximum absolute atomic E-state index is 11.0. The van der Waals surface area contributed by atoms with Crippen molar-refractivity contribution in [2.45, 2.75) is 13.3 Å². The van der Waals surface area contributed by atoms with Crippen molar-refractivity contribution >= 4 is 17.8 Å². The van der Waals surface area contributed by atoms with Crippen LogP contribution in [-0.2, 0) is 11.2 Å². The number of rotatable bonds is 3. The predicted molar refractivity (Wildman–Crippen MR) is 54.7 cm³/mol. The minimum Gasteiger partial charge on any atom is -0.411 e. The summed E-state index contributed by atoms with van der Waals surface area (Å²) < 4.78 is 0. The van der Waals surface area contributed by atoms with Gasteiger partial charge in [0.25, 0.3) is 5.91 Å². The Hall–Kier alpha value is -1.84. The zero-order chi connectivity index (χ0) is 10.4. The van der Waals surface area contributed by atoms with Crippen molar-refractivity contribution in [2.24, 2.45) is 5.16 Å². The summed E-state index contributed by atoms with van der Waals surface area (Å²) in [5.74, 6) is -0.444. The van der Waals surface area contributed by atoms with Gasteiger partial charge in [-0.05, 0) is 24.1 Å². The van der Waals surface area contributed by atoms with E-state index in [1.807, 2.05) is 25.1 Å². The van der Waals surface area contributed by atoms with Gasteiger partial charge in [0.15, 0.2) is 0 Å². The van der Waals surface area contributed by atoms with Crippen LogP contribution in [0.4, 0.5) is 5.69 Å². The summed E-state index contributed by atoms with van der Waals surface area (Å²) in [4.78, 5) is 11.0. The maximum Gasteiger partial charge on any atom is 0.270 e. The third-order valence-electron chi connectivity index (χ3n) is 1.78. The Labute approximate surface area is 82.2 Å². The van der Waals surface area contributed by atoms with Crippen molar-refractivity contribution in [1.82, 2.24) is 0 Å². The lowest BCUT2D eigenvalue weighted by Crippen LogP contribution is -2.12. The molecule has 1 amide bonds. The third-order valence-corrected chi connectivity index (χ3v) is 1.78. The second-order valence-electron chi connectivity index (χ2n) is 2.79. The summed E-state index contributed by atoms with van der Waals surface area (Å²) in [7, 11) is 0. The van der Waals surface area contributed by atoms with Gasteiger partial charge >= 0.3 is 0 Å². The fourth-order valence-corrected chi connectivity index (χ4v) is 1.10. The molecule has 0 aliphatic rings. The Bertz CT molecular complexity index is 348. The zero-order valence-corrected chi connectivity index (χ0v) is 7.90. The van der Waals surface area contributed by atoms with E-state index in [0.29, 0.717) is 5.69 Å². The van der Waals surface area contributed by atoms with Crippen LogP contribution in [-0.4, -0.2) is 17.3 Å². The van der Waals surface area contributed by atoms with Crippen LogP contribution in [0.5, 0.6) is 0 Å². The molecular formula is C10H12N2O2. The molecule has 0 radical (unpaired) electrons. The molecule has 0 bridgehead atoms. The standard InChI is InChI=1S/C10H12N2O2/c1-2-8-4-3-5-9(6-8)12-10(13)7-11-14/h3-7,14H,2H2,1H3,(H,12,13)/b11-7+. The Balaban J connectivity index is 2.71. The van der Waals surface area contributed by atoms with E-state index in [1.54, 1.807) is 6.07 Å². The van der Waals surface area contributed by atoms with Crippen LogP contribution < -0.4 is 5.32 Å². The number of carbonyl (C=O) groups is 1. The molecule has 0 aromatic heterocycles. The minimum atomic E-state index is -0.444. The summed E-state index contributed by atoms with van der Waals surface area (Å²) >= 11 is 0. The van der Waals surface area contributed by atoms with Gasteiger partial charge in [0, 0.05) is 5.69 Å². The number of amides is 1. The first-order valence-corrected chi connectivity index (χ1v) is 4.33.